The maximum absolute atomic E-state index is 12.5. The number of carbonyl (C=O) groups excluding carboxylic acids is 1. The highest BCUT2D eigenvalue weighted by Gasteiger charge is 2.11. The van der Waals surface area contributed by atoms with Gasteiger partial charge in [0.1, 0.15) is 0 Å². The molecule has 0 aliphatic heterocycles. The number of aromatic nitrogens is 2. The van der Waals surface area contributed by atoms with Crippen LogP contribution in [0.15, 0.2) is 77.3 Å². The number of anilines is 1. The molecule has 0 spiro atoms. The molecular weight excluding hydrogens is 386 g/mol. The van der Waals surface area contributed by atoms with E-state index in [4.69, 9.17) is 0 Å². The number of para-hydroxylation sites is 1. The lowest BCUT2D eigenvalue weighted by Crippen LogP contribution is -2.14. The van der Waals surface area contributed by atoms with Crippen LogP contribution in [0.1, 0.15) is 0 Å². The standard InChI is InChI=1S/C22H15N3OS2/c26-20(13-27-22-25-18-7-3-4-8-19(18)28-22)24-17-11-12-23-21-15-6-2-1-5-14(15)9-10-16(17)21/h1-12H,13H2,(H,23,24,26). The number of nitrogens with one attached hydrogen (secondary N) is 1. The van der Waals surface area contributed by atoms with Gasteiger partial charge in [-0.2, -0.15) is 0 Å². The molecule has 0 aliphatic carbocycles. The molecule has 0 unspecified atom stereocenters. The summed E-state index contributed by atoms with van der Waals surface area (Å²) in [6.07, 6.45) is 1.74. The smallest absolute Gasteiger partial charge is 0.234 e. The fraction of sp³-hybridized carbons (Fsp3) is 0.0455. The van der Waals surface area contributed by atoms with Crippen molar-refractivity contribution in [3.63, 3.8) is 0 Å². The van der Waals surface area contributed by atoms with E-state index in [2.05, 4.69) is 33.5 Å². The number of amides is 1. The largest absolute Gasteiger partial charge is 0.325 e. The van der Waals surface area contributed by atoms with E-state index in [1.165, 1.54) is 11.8 Å². The van der Waals surface area contributed by atoms with Gasteiger partial charge in [0.2, 0.25) is 5.91 Å². The maximum atomic E-state index is 12.5. The summed E-state index contributed by atoms with van der Waals surface area (Å²) in [6.45, 7) is 0. The lowest BCUT2D eigenvalue weighted by Gasteiger charge is -2.09. The van der Waals surface area contributed by atoms with Gasteiger partial charge in [-0.1, -0.05) is 60.3 Å². The van der Waals surface area contributed by atoms with E-state index in [9.17, 15) is 4.79 Å². The van der Waals surface area contributed by atoms with E-state index < -0.39 is 0 Å². The SMILES string of the molecule is O=C(CSc1nc2ccccc2s1)Nc1ccnc2c1ccc1ccccc12. The van der Waals surface area contributed by atoms with Crippen molar-refractivity contribution in [2.24, 2.45) is 0 Å². The van der Waals surface area contributed by atoms with Crippen molar-refractivity contribution in [2.75, 3.05) is 11.1 Å². The molecule has 5 rings (SSSR count). The Morgan fingerprint density at radius 2 is 1.82 bits per heavy atom. The minimum absolute atomic E-state index is 0.0510. The van der Waals surface area contributed by atoms with Crippen LogP contribution < -0.4 is 5.32 Å². The predicted octanol–water partition coefficient (Wildman–Crippen LogP) is 5.73. The van der Waals surface area contributed by atoms with Crippen molar-refractivity contribution in [1.29, 1.82) is 0 Å². The molecule has 1 amide bonds. The van der Waals surface area contributed by atoms with Gasteiger partial charge in [-0.05, 0) is 23.6 Å². The third kappa shape index (κ3) is 3.21. The van der Waals surface area contributed by atoms with Crippen LogP contribution in [0.4, 0.5) is 5.69 Å². The van der Waals surface area contributed by atoms with Crippen LogP contribution in [0.3, 0.4) is 0 Å². The molecule has 0 radical (unpaired) electrons. The molecule has 136 valence electrons. The number of pyridine rings is 1. The lowest BCUT2D eigenvalue weighted by molar-refractivity contribution is -0.113. The van der Waals surface area contributed by atoms with Crippen molar-refractivity contribution in [3.05, 3.63) is 72.9 Å². The van der Waals surface area contributed by atoms with Crippen LogP contribution in [0.25, 0.3) is 31.9 Å². The van der Waals surface area contributed by atoms with E-state index in [-0.39, 0.29) is 5.91 Å². The summed E-state index contributed by atoms with van der Waals surface area (Å²) in [5, 5.41) is 6.19. The zero-order valence-corrected chi connectivity index (χ0v) is 16.4. The third-order valence-corrected chi connectivity index (χ3v) is 6.69. The molecule has 0 atom stereocenters. The van der Waals surface area contributed by atoms with Crippen molar-refractivity contribution < 1.29 is 4.79 Å². The summed E-state index contributed by atoms with van der Waals surface area (Å²) in [5.74, 6) is 0.266. The number of rotatable bonds is 4. The minimum Gasteiger partial charge on any atom is -0.325 e. The Bertz CT molecular complexity index is 1300. The van der Waals surface area contributed by atoms with Crippen molar-refractivity contribution >= 4 is 66.6 Å². The molecule has 0 aliphatic rings. The average molecular weight is 402 g/mol. The van der Waals surface area contributed by atoms with Gasteiger partial charge in [0.05, 0.1) is 27.2 Å². The van der Waals surface area contributed by atoms with Crippen LogP contribution in [0.2, 0.25) is 0 Å². The monoisotopic (exact) mass is 401 g/mol. The first kappa shape index (κ1) is 17.2. The number of thioether (sulfide) groups is 1. The first-order valence-electron chi connectivity index (χ1n) is 8.83. The van der Waals surface area contributed by atoms with Gasteiger partial charge >= 0.3 is 0 Å². The Balaban J connectivity index is 1.37. The summed E-state index contributed by atoms with van der Waals surface area (Å²) < 4.78 is 2.04. The second-order valence-corrected chi connectivity index (χ2v) is 8.58. The van der Waals surface area contributed by atoms with Crippen LogP contribution >= 0.6 is 23.1 Å². The van der Waals surface area contributed by atoms with Crippen molar-refractivity contribution in [3.8, 4) is 0 Å². The minimum atomic E-state index is -0.0510. The summed E-state index contributed by atoms with van der Waals surface area (Å²) in [6, 6.07) is 22.1. The number of hydrogen-bond donors (Lipinski definition) is 1. The Morgan fingerprint density at radius 3 is 2.75 bits per heavy atom. The lowest BCUT2D eigenvalue weighted by atomic mass is 10.1. The normalized spacial score (nSPS) is 11.3. The van der Waals surface area contributed by atoms with Gasteiger partial charge in [-0.25, -0.2) is 4.98 Å². The predicted molar refractivity (Wildman–Crippen MR) is 118 cm³/mol. The number of nitrogens with zero attached hydrogens (tertiary/aromatic N) is 2. The van der Waals surface area contributed by atoms with Gasteiger partial charge in [0, 0.05) is 17.0 Å². The second kappa shape index (κ2) is 7.22. The van der Waals surface area contributed by atoms with Crippen molar-refractivity contribution in [2.45, 2.75) is 4.34 Å². The average Bonchev–Trinajstić information content (AvgIpc) is 3.15. The number of hydrogen-bond acceptors (Lipinski definition) is 5. The number of fused-ring (bicyclic) bond motifs is 4. The number of thiazole rings is 1. The number of carbonyl (C=O) groups is 1. The first-order valence-corrected chi connectivity index (χ1v) is 10.6. The Labute approximate surface area is 169 Å². The van der Waals surface area contributed by atoms with Crippen LogP contribution in [-0.4, -0.2) is 21.6 Å². The molecule has 2 heterocycles. The van der Waals surface area contributed by atoms with E-state index >= 15 is 0 Å². The fourth-order valence-electron chi connectivity index (χ4n) is 3.22. The molecule has 2 aromatic heterocycles. The van der Waals surface area contributed by atoms with Crippen LogP contribution in [-0.2, 0) is 4.79 Å². The topological polar surface area (TPSA) is 54.9 Å². The third-order valence-electron chi connectivity index (χ3n) is 4.51. The number of benzene rings is 3. The molecule has 3 aromatic carbocycles. The van der Waals surface area contributed by atoms with Crippen LogP contribution in [0.5, 0.6) is 0 Å². The fourth-order valence-corrected chi connectivity index (χ4v) is 5.09. The van der Waals surface area contributed by atoms with E-state index in [0.29, 0.717) is 5.75 Å². The Morgan fingerprint density at radius 1 is 0.964 bits per heavy atom. The molecule has 1 N–H and O–H groups in total. The molecule has 0 saturated heterocycles. The Hall–Kier alpha value is -2.96. The summed E-state index contributed by atoms with van der Waals surface area (Å²) in [4.78, 5) is 21.6. The summed E-state index contributed by atoms with van der Waals surface area (Å²) in [7, 11) is 0. The Kier molecular flexibility index (Phi) is 4.43. The molecule has 4 nitrogen and oxygen atoms in total. The van der Waals surface area contributed by atoms with Crippen molar-refractivity contribution in [1.82, 2.24) is 9.97 Å². The van der Waals surface area contributed by atoms with Crippen LogP contribution in [0, 0.1) is 0 Å². The van der Waals surface area contributed by atoms with Gasteiger partial charge in [0.15, 0.2) is 4.34 Å². The highest BCUT2D eigenvalue weighted by molar-refractivity contribution is 8.01. The maximum Gasteiger partial charge on any atom is 0.234 e. The highest BCUT2D eigenvalue weighted by Crippen LogP contribution is 2.31. The highest BCUT2D eigenvalue weighted by atomic mass is 32.2. The van der Waals surface area contributed by atoms with Gasteiger partial charge in [-0.15, -0.1) is 11.3 Å². The van der Waals surface area contributed by atoms with E-state index in [1.807, 2.05) is 48.5 Å². The molecule has 0 fully saturated rings. The molecule has 5 aromatic rings. The quantitative estimate of drug-likeness (QED) is 0.309. The van der Waals surface area contributed by atoms with Gasteiger partial charge in [0.25, 0.3) is 0 Å². The molecular formula is C22H15N3OS2. The molecule has 0 saturated carbocycles. The molecule has 6 heteroatoms. The molecule has 0 bridgehead atoms. The zero-order chi connectivity index (χ0) is 18.9. The summed E-state index contributed by atoms with van der Waals surface area (Å²) in [5.41, 5.74) is 2.66. The van der Waals surface area contributed by atoms with E-state index in [1.54, 1.807) is 17.5 Å². The zero-order valence-electron chi connectivity index (χ0n) is 14.8. The summed E-state index contributed by atoms with van der Waals surface area (Å²) >= 11 is 3.07. The molecule has 28 heavy (non-hydrogen) atoms. The van der Waals surface area contributed by atoms with Gasteiger partial charge in [-0.3, -0.25) is 9.78 Å². The second-order valence-electron chi connectivity index (χ2n) is 6.33. The van der Waals surface area contributed by atoms with Gasteiger partial charge < -0.3 is 5.32 Å². The first-order chi connectivity index (χ1) is 13.8. The van der Waals surface area contributed by atoms with E-state index in [0.717, 1.165) is 41.9 Å².